The summed E-state index contributed by atoms with van der Waals surface area (Å²) in [4.78, 5) is 40.7. The van der Waals surface area contributed by atoms with Crippen molar-refractivity contribution in [3.05, 3.63) is 11.8 Å². The Labute approximate surface area is 127 Å². The summed E-state index contributed by atoms with van der Waals surface area (Å²) in [6, 6.07) is 0. The Hall–Kier alpha value is -2.38. The van der Waals surface area contributed by atoms with Crippen molar-refractivity contribution >= 4 is 23.7 Å². The van der Waals surface area contributed by atoms with Crippen LogP contribution in [0, 0.1) is 0 Å². The number of esters is 1. The average molecular weight is 314 g/mol. The second-order valence-electron chi connectivity index (χ2n) is 5.08. The highest BCUT2D eigenvalue weighted by Gasteiger charge is 2.32. The van der Waals surface area contributed by atoms with Gasteiger partial charge in [0, 0.05) is 12.5 Å². The summed E-state index contributed by atoms with van der Waals surface area (Å²) in [6.07, 6.45) is 3.28. The van der Waals surface area contributed by atoms with E-state index >= 15 is 0 Å². The molecule has 0 radical (unpaired) electrons. The van der Waals surface area contributed by atoms with Gasteiger partial charge in [0.25, 0.3) is 0 Å². The lowest BCUT2D eigenvalue weighted by molar-refractivity contribution is -0.345. The first-order valence-corrected chi connectivity index (χ1v) is 6.62. The highest BCUT2D eigenvalue weighted by molar-refractivity contribution is 6.25. The molecule has 0 fully saturated rings. The van der Waals surface area contributed by atoms with Gasteiger partial charge < -0.3 is 29.3 Å². The van der Waals surface area contributed by atoms with Crippen LogP contribution in [0.5, 0.6) is 0 Å². The number of carboxylic acid groups (broad SMARTS) is 2. The van der Waals surface area contributed by atoms with Crippen LogP contribution in [0.2, 0.25) is 0 Å². The van der Waals surface area contributed by atoms with E-state index in [1.165, 1.54) is 6.08 Å². The second kappa shape index (κ2) is 8.81. The van der Waals surface area contributed by atoms with Crippen LogP contribution in [0.3, 0.4) is 0 Å². The summed E-state index contributed by atoms with van der Waals surface area (Å²) in [7, 11) is 0. The van der Waals surface area contributed by atoms with Crippen molar-refractivity contribution in [2.45, 2.75) is 45.6 Å². The van der Waals surface area contributed by atoms with Crippen LogP contribution in [-0.4, -0.2) is 35.9 Å². The number of aliphatic carboxylic acids is 2. The number of carbonyl (C=O) groups is 4. The van der Waals surface area contributed by atoms with E-state index in [1.54, 1.807) is 13.8 Å². The van der Waals surface area contributed by atoms with E-state index in [2.05, 4.69) is 0 Å². The van der Waals surface area contributed by atoms with Crippen molar-refractivity contribution < 1.29 is 38.9 Å². The predicted molar refractivity (Wildman–Crippen MR) is 68.8 cm³/mol. The number of ether oxygens (including phenoxy) is 2. The fourth-order valence-corrected chi connectivity index (χ4v) is 1.46. The number of hydrogen-bond acceptors (Lipinski definition) is 8. The summed E-state index contributed by atoms with van der Waals surface area (Å²) >= 11 is 0. The van der Waals surface area contributed by atoms with Crippen LogP contribution in [0.1, 0.15) is 40.0 Å². The molecule has 8 nitrogen and oxygen atoms in total. The minimum Gasteiger partial charge on any atom is -0.543 e. The van der Waals surface area contributed by atoms with Crippen molar-refractivity contribution in [2.75, 3.05) is 6.61 Å². The molecule has 0 aromatic carbocycles. The molecule has 0 aromatic rings. The van der Waals surface area contributed by atoms with Crippen LogP contribution in [0.25, 0.3) is 0 Å². The number of carbonyl (C=O) groups excluding carboxylic acids is 4. The van der Waals surface area contributed by atoms with E-state index in [1.807, 2.05) is 6.92 Å². The molecular formula is C14H18O8-2. The van der Waals surface area contributed by atoms with E-state index < -0.39 is 23.5 Å². The third kappa shape index (κ3) is 8.03. The molecule has 22 heavy (non-hydrogen) atoms. The molecule has 0 atom stereocenters. The van der Waals surface area contributed by atoms with Gasteiger partial charge in [-0.3, -0.25) is 4.79 Å². The molecule has 1 aliphatic heterocycles. The van der Waals surface area contributed by atoms with E-state index in [0.717, 1.165) is 12.8 Å². The zero-order valence-electron chi connectivity index (χ0n) is 12.7. The summed E-state index contributed by atoms with van der Waals surface area (Å²) < 4.78 is 10.4. The van der Waals surface area contributed by atoms with Crippen LogP contribution in [-0.2, 0) is 28.7 Å². The monoisotopic (exact) mass is 314 g/mol. The molecule has 0 spiro atoms. The van der Waals surface area contributed by atoms with E-state index in [4.69, 9.17) is 29.3 Å². The SMILES string of the molecule is CCCCOC(=O)C1=CC(=O)CC(C)(C)O1.O=C([O-])C(=O)[O-]. The summed E-state index contributed by atoms with van der Waals surface area (Å²) in [5.74, 6) is -4.99. The van der Waals surface area contributed by atoms with Crippen molar-refractivity contribution in [3.8, 4) is 0 Å². The molecule has 0 N–H and O–H groups in total. The lowest BCUT2D eigenvalue weighted by atomic mass is 9.98. The molecule has 0 bridgehead atoms. The molecule has 0 saturated heterocycles. The Morgan fingerprint density at radius 3 is 2.23 bits per heavy atom. The van der Waals surface area contributed by atoms with Gasteiger partial charge in [0.1, 0.15) is 5.60 Å². The molecular weight excluding hydrogens is 296 g/mol. The summed E-state index contributed by atoms with van der Waals surface area (Å²) in [5, 5.41) is 17.9. The molecule has 1 heterocycles. The molecule has 1 rings (SSSR count). The summed E-state index contributed by atoms with van der Waals surface area (Å²) in [5.41, 5.74) is -0.620. The van der Waals surface area contributed by atoms with Gasteiger partial charge in [-0.2, -0.15) is 0 Å². The number of unbranched alkanes of at least 4 members (excludes halogenated alkanes) is 1. The quantitative estimate of drug-likeness (QED) is 0.346. The van der Waals surface area contributed by atoms with Gasteiger partial charge in [-0.25, -0.2) is 4.79 Å². The van der Waals surface area contributed by atoms with E-state index in [9.17, 15) is 9.59 Å². The predicted octanol–water partition coefficient (Wildman–Crippen LogP) is -1.53. The van der Waals surface area contributed by atoms with Crippen molar-refractivity contribution in [2.24, 2.45) is 0 Å². The van der Waals surface area contributed by atoms with Crippen molar-refractivity contribution in [1.82, 2.24) is 0 Å². The lowest BCUT2D eigenvalue weighted by Gasteiger charge is -2.29. The van der Waals surface area contributed by atoms with Crippen LogP contribution < -0.4 is 10.2 Å². The Morgan fingerprint density at radius 1 is 1.27 bits per heavy atom. The van der Waals surface area contributed by atoms with E-state index in [0.29, 0.717) is 13.0 Å². The maximum Gasteiger partial charge on any atom is 0.373 e. The summed E-state index contributed by atoms with van der Waals surface area (Å²) in [6.45, 7) is 5.93. The minimum atomic E-state index is -2.19. The Bertz CT molecular complexity index is 463. The highest BCUT2D eigenvalue weighted by Crippen LogP contribution is 2.25. The van der Waals surface area contributed by atoms with Gasteiger partial charge in [-0.15, -0.1) is 0 Å². The molecule has 1 aliphatic rings. The van der Waals surface area contributed by atoms with Gasteiger partial charge >= 0.3 is 5.97 Å². The Balaban J connectivity index is 0.000000626. The first-order chi connectivity index (χ1) is 10.1. The maximum atomic E-state index is 11.5. The van der Waals surface area contributed by atoms with E-state index in [-0.39, 0.29) is 11.5 Å². The standard InChI is InChI=1S/C12H18O4.C2H2O4/c1-4-5-6-15-11(14)10-7-9(13)8-12(2,3)16-10;3-1(4)2(5)6/h7H,4-6,8H2,1-3H3;(H,3,4)(H,5,6)/p-2. The normalized spacial score (nSPS) is 15.6. The number of carboxylic acids is 2. The number of ketones is 1. The highest BCUT2D eigenvalue weighted by atomic mass is 16.6. The topological polar surface area (TPSA) is 133 Å². The number of hydrogen-bond donors (Lipinski definition) is 0. The zero-order chi connectivity index (χ0) is 17.3. The van der Waals surface area contributed by atoms with Gasteiger partial charge in [-0.05, 0) is 20.3 Å². The molecule has 124 valence electrons. The molecule has 0 aliphatic carbocycles. The largest absolute Gasteiger partial charge is 0.543 e. The maximum absolute atomic E-state index is 11.5. The molecule has 0 unspecified atom stereocenters. The molecule has 0 aromatic heterocycles. The first kappa shape index (κ1) is 19.6. The smallest absolute Gasteiger partial charge is 0.373 e. The van der Waals surface area contributed by atoms with Crippen LogP contribution in [0.15, 0.2) is 11.8 Å². The third-order valence-corrected chi connectivity index (χ3v) is 2.38. The number of allylic oxidation sites excluding steroid dienone is 1. The Kier molecular flexibility index (Phi) is 7.85. The molecule has 0 amide bonds. The van der Waals surface area contributed by atoms with Gasteiger partial charge in [-0.1, -0.05) is 13.3 Å². The third-order valence-electron chi connectivity index (χ3n) is 2.38. The van der Waals surface area contributed by atoms with Gasteiger partial charge in [0.05, 0.1) is 18.5 Å². The fourth-order valence-electron chi connectivity index (χ4n) is 1.46. The zero-order valence-corrected chi connectivity index (χ0v) is 12.7. The fraction of sp³-hybridized carbons (Fsp3) is 0.571. The average Bonchev–Trinajstić information content (AvgIpc) is 2.37. The molecule has 8 heteroatoms. The van der Waals surface area contributed by atoms with Gasteiger partial charge in [0.2, 0.25) is 5.76 Å². The van der Waals surface area contributed by atoms with Crippen molar-refractivity contribution in [1.29, 1.82) is 0 Å². The van der Waals surface area contributed by atoms with Crippen LogP contribution >= 0.6 is 0 Å². The lowest BCUT2D eigenvalue weighted by Crippen LogP contribution is -2.42. The second-order valence-corrected chi connectivity index (χ2v) is 5.08. The minimum absolute atomic E-state index is 0.0253. The number of rotatable bonds is 4. The van der Waals surface area contributed by atoms with Gasteiger partial charge in [0.15, 0.2) is 5.78 Å². The van der Waals surface area contributed by atoms with Crippen LogP contribution in [0.4, 0.5) is 0 Å². The first-order valence-electron chi connectivity index (χ1n) is 6.62. The van der Waals surface area contributed by atoms with Crippen molar-refractivity contribution in [3.63, 3.8) is 0 Å². The Morgan fingerprint density at radius 2 is 1.82 bits per heavy atom. The molecule has 0 saturated carbocycles.